The highest BCUT2D eigenvalue weighted by molar-refractivity contribution is 5.48. The lowest BCUT2D eigenvalue weighted by molar-refractivity contribution is -0.107. The van der Waals surface area contributed by atoms with E-state index in [0.29, 0.717) is 12.5 Å². The zero-order valence-corrected chi connectivity index (χ0v) is 17.2. The Morgan fingerprint density at radius 1 is 1.12 bits per heavy atom. The molecular weight excluding hydrogens is 294 g/mol. The van der Waals surface area contributed by atoms with E-state index in [1.165, 1.54) is 11.1 Å². The lowest BCUT2D eigenvalue weighted by Gasteiger charge is -2.23. The monoisotopic (exact) mass is 333 g/mol. The number of likely N-dealkylation sites (N-methyl/N-ethyl adjacent to an activating group) is 1. The summed E-state index contributed by atoms with van der Waals surface area (Å²) in [5, 5.41) is 0. The second kappa shape index (κ2) is 21.4. The number of aryl methyl sites for hydroxylation is 1. The maximum Gasteiger partial charge on any atom is 0.119 e. The fourth-order valence-electron chi connectivity index (χ4n) is 1.88. The first kappa shape index (κ1) is 27.3. The Bertz CT molecular complexity index is 420. The van der Waals surface area contributed by atoms with Gasteiger partial charge >= 0.3 is 0 Å². The van der Waals surface area contributed by atoms with Gasteiger partial charge in [0.2, 0.25) is 0 Å². The molecule has 0 aliphatic rings. The molecule has 0 aliphatic carbocycles. The van der Waals surface area contributed by atoms with Crippen molar-refractivity contribution in [3.8, 4) is 12.3 Å². The number of hydrogen-bond acceptors (Lipinski definition) is 2. The van der Waals surface area contributed by atoms with Crippen LogP contribution in [0, 0.1) is 12.3 Å². The van der Waals surface area contributed by atoms with Crippen LogP contribution in [0.15, 0.2) is 24.3 Å². The summed E-state index contributed by atoms with van der Waals surface area (Å²) in [5.41, 5.74) is 2.89. The van der Waals surface area contributed by atoms with E-state index in [2.05, 4.69) is 56.0 Å². The highest BCUT2D eigenvalue weighted by Gasteiger charge is 2.10. The summed E-state index contributed by atoms with van der Waals surface area (Å²) in [5.74, 6) is 2.69. The van der Waals surface area contributed by atoms with Crippen molar-refractivity contribution in [1.82, 2.24) is 4.90 Å². The Kier molecular flexibility index (Phi) is 24.3. The standard InChI is InChI=1S/C15H21N.C3H6O.2C2H6/c1-5-11-16(4)13(3)12-15-10-8-7-9-14(15)6-2;1-2-3-4;2*1-2/h1,7-10,13H,6,11-12H2,2-4H3;3H,2H2,1H3;2*1-2H3. The van der Waals surface area contributed by atoms with Gasteiger partial charge in [-0.1, -0.05) is 71.7 Å². The minimum Gasteiger partial charge on any atom is -0.303 e. The third-order valence-electron chi connectivity index (χ3n) is 3.27. The van der Waals surface area contributed by atoms with Gasteiger partial charge in [0.25, 0.3) is 0 Å². The van der Waals surface area contributed by atoms with E-state index in [1.54, 1.807) is 0 Å². The van der Waals surface area contributed by atoms with Crippen LogP contribution in [0.3, 0.4) is 0 Å². The summed E-state index contributed by atoms with van der Waals surface area (Å²) in [4.78, 5) is 11.4. The second-order valence-corrected chi connectivity index (χ2v) is 4.87. The van der Waals surface area contributed by atoms with Gasteiger partial charge in [-0.05, 0) is 37.9 Å². The molecule has 2 heteroatoms. The van der Waals surface area contributed by atoms with Crippen molar-refractivity contribution in [1.29, 1.82) is 0 Å². The van der Waals surface area contributed by atoms with Crippen molar-refractivity contribution in [2.24, 2.45) is 0 Å². The minimum atomic E-state index is 0.490. The topological polar surface area (TPSA) is 20.3 Å². The van der Waals surface area contributed by atoms with Crippen molar-refractivity contribution in [3.63, 3.8) is 0 Å². The molecule has 0 bridgehead atoms. The fourth-order valence-corrected chi connectivity index (χ4v) is 1.88. The highest BCUT2D eigenvalue weighted by Crippen LogP contribution is 2.13. The van der Waals surface area contributed by atoms with E-state index in [-0.39, 0.29) is 0 Å². The molecule has 0 saturated carbocycles. The first-order valence-electron chi connectivity index (χ1n) is 9.24. The van der Waals surface area contributed by atoms with Crippen LogP contribution in [0.4, 0.5) is 0 Å². The van der Waals surface area contributed by atoms with Crippen molar-refractivity contribution in [2.75, 3.05) is 13.6 Å². The van der Waals surface area contributed by atoms with Crippen LogP contribution in [-0.2, 0) is 17.6 Å². The lowest BCUT2D eigenvalue weighted by Crippen LogP contribution is -2.31. The highest BCUT2D eigenvalue weighted by atomic mass is 16.1. The van der Waals surface area contributed by atoms with Crippen LogP contribution in [0.25, 0.3) is 0 Å². The van der Waals surface area contributed by atoms with Crippen LogP contribution in [0.2, 0.25) is 0 Å². The Balaban J connectivity index is -0.000000471. The summed E-state index contributed by atoms with van der Waals surface area (Å²) >= 11 is 0. The number of carbonyl (C=O) groups excluding carboxylic acids is 1. The number of carbonyl (C=O) groups is 1. The molecule has 0 fully saturated rings. The quantitative estimate of drug-likeness (QED) is 0.513. The maximum atomic E-state index is 9.17. The van der Waals surface area contributed by atoms with E-state index in [4.69, 9.17) is 6.42 Å². The van der Waals surface area contributed by atoms with Crippen LogP contribution in [-0.4, -0.2) is 30.8 Å². The predicted octanol–water partition coefficient (Wildman–Crippen LogP) is 5.39. The summed E-state index contributed by atoms with van der Waals surface area (Å²) in [7, 11) is 2.08. The molecule has 24 heavy (non-hydrogen) atoms. The van der Waals surface area contributed by atoms with Gasteiger partial charge < -0.3 is 4.79 Å². The van der Waals surface area contributed by atoms with Gasteiger partial charge in [-0.3, -0.25) is 4.90 Å². The molecule has 138 valence electrons. The summed E-state index contributed by atoms with van der Waals surface area (Å²) in [6, 6.07) is 9.15. The molecule has 1 unspecified atom stereocenters. The molecular formula is C22H39NO. The lowest BCUT2D eigenvalue weighted by atomic mass is 9.99. The number of terminal acetylenes is 1. The normalized spacial score (nSPS) is 9.83. The third-order valence-corrected chi connectivity index (χ3v) is 3.27. The van der Waals surface area contributed by atoms with E-state index >= 15 is 0 Å². The number of hydrogen-bond donors (Lipinski definition) is 0. The summed E-state index contributed by atoms with van der Waals surface area (Å²) in [6.45, 7) is 15.0. The van der Waals surface area contributed by atoms with E-state index in [1.807, 2.05) is 34.6 Å². The minimum absolute atomic E-state index is 0.490. The van der Waals surface area contributed by atoms with E-state index < -0.39 is 0 Å². The van der Waals surface area contributed by atoms with Gasteiger partial charge in [0.15, 0.2) is 0 Å². The Hall–Kier alpha value is -1.59. The molecule has 0 saturated heterocycles. The maximum absolute atomic E-state index is 9.17. The Labute approximate surface area is 151 Å². The molecule has 1 rings (SSSR count). The molecule has 0 radical (unpaired) electrons. The van der Waals surface area contributed by atoms with Crippen molar-refractivity contribution in [3.05, 3.63) is 35.4 Å². The van der Waals surface area contributed by atoms with Gasteiger partial charge in [-0.15, -0.1) is 6.42 Å². The first-order chi connectivity index (χ1) is 11.6. The Morgan fingerprint density at radius 2 is 1.58 bits per heavy atom. The van der Waals surface area contributed by atoms with Crippen molar-refractivity contribution >= 4 is 6.29 Å². The number of nitrogens with zero attached hydrogens (tertiary/aromatic N) is 1. The van der Waals surface area contributed by atoms with E-state index in [0.717, 1.165) is 25.7 Å². The largest absolute Gasteiger partial charge is 0.303 e. The van der Waals surface area contributed by atoms with Gasteiger partial charge in [-0.25, -0.2) is 0 Å². The molecule has 1 atom stereocenters. The van der Waals surface area contributed by atoms with Crippen LogP contribution < -0.4 is 0 Å². The third kappa shape index (κ3) is 14.0. The smallest absolute Gasteiger partial charge is 0.119 e. The fraction of sp³-hybridized carbons (Fsp3) is 0.591. The molecule has 1 aromatic carbocycles. The molecule has 0 N–H and O–H groups in total. The Morgan fingerprint density at radius 3 is 1.96 bits per heavy atom. The predicted molar refractivity (Wildman–Crippen MR) is 110 cm³/mol. The van der Waals surface area contributed by atoms with Crippen LogP contribution in [0.1, 0.15) is 66.0 Å². The first-order valence-corrected chi connectivity index (χ1v) is 9.24. The summed E-state index contributed by atoms with van der Waals surface area (Å²) < 4.78 is 0. The van der Waals surface area contributed by atoms with Gasteiger partial charge in [-0.2, -0.15) is 0 Å². The summed E-state index contributed by atoms with van der Waals surface area (Å²) in [6.07, 6.45) is 9.01. The van der Waals surface area contributed by atoms with Gasteiger partial charge in [0.05, 0.1) is 6.54 Å². The van der Waals surface area contributed by atoms with Gasteiger partial charge in [0, 0.05) is 12.5 Å². The molecule has 2 nitrogen and oxygen atoms in total. The van der Waals surface area contributed by atoms with Crippen molar-refractivity contribution < 1.29 is 4.79 Å². The zero-order chi connectivity index (χ0) is 19.4. The SMILES string of the molecule is C#CCN(C)C(C)Cc1ccccc1CC.CC.CC.CCC=O. The average Bonchev–Trinajstić information content (AvgIpc) is 2.65. The molecule has 1 aromatic rings. The van der Waals surface area contributed by atoms with Crippen LogP contribution in [0.5, 0.6) is 0 Å². The van der Waals surface area contributed by atoms with E-state index in [9.17, 15) is 4.79 Å². The average molecular weight is 334 g/mol. The number of rotatable bonds is 6. The number of benzene rings is 1. The van der Waals surface area contributed by atoms with Gasteiger partial charge in [0.1, 0.15) is 6.29 Å². The molecule has 0 amide bonds. The molecule has 0 heterocycles. The molecule has 0 aliphatic heterocycles. The number of aldehydes is 1. The second-order valence-electron chi connectivity index (χ2n) is 4.87. The molecule has 0 aromatic heterocycles. The molecule has 0 spiro atoms. The van der Waals surface area contributed by atoms with Crippen LogP contribution >= 0.6 is 0 Å². The van der Waals surface area contributed by atoms with Crippen molar-refractivity contribution in [2.45, 2.75) is 73.8 Å². The zero-order valence-electron chi connectivity index (χ0n) is 17.2.